The Kier molecular flexibility index (Phi) is 12.3. The van der Waals surface area contributed by atoms with Gasteiger partial charge in [-0.25, -0.2) is 4.79 Å². The fraction of sp³-hybridized carbons (Fsp3) is 0.128. The summed E-state index contributed by atoms with van der Waals surface area (Å²) in [6, 6.07) is 28.5. The Balaban J connectivity index is 1.31. The van der Waals surface area contributed by atoms with Crippen LogP contribution in [0.4, 0.5) is 10.7 Å². The van der Waals surface area contributed by atoms with Crippen molar-refractivity contribution < 1.29 is 33.4 Å². The smallest absolute Gasteiger partial charge is 0.341 e. The van der Waals surface area contributed by atoms with Gasteiger partial charge >= 0.3 is 5.97 Å². The molecule has 4 aromatic carbocycles. The van der Waals surface area contributed by atoms with Gasteiger partial charge in [-0.3, -0.25) is 14.4 Å². The van der Waals surface area contributed by atoms with Gasteiger partial charge in [-0.2, -0.15) is 0 Å². The van der Waals surface area contributed by atoms with Gasteiger partial charge in [-0.1, -0.05) is 66.2 Å². The lowest BCUT2D eigenvalue weighted by Crippen LogP contribution is -2.30. The molecule has 0 saturated carbocycles. The van der Waals surface area contributed by atoms with E-state index in [9.17, 15) is 19.2 Å². The summed E-state index contributed by atoms with van der Waals surface area (Å²) < 4.78 is 16.0. The van der Waals surface area contributed by atoms with Crippen LogP contribution in [0.2, 0.25) is 0 Å². The molecule has 12 heteroatoms. The second-order valence-electron chi connectivity index (χ2n) is 11.0. The molecule has 0 radical (unpaired) electrons. The van der Waals surface area contributed by atoms with E-state index in [1.54, 1.807) is 66.7 Å². The summed E-state index contributed by atoms with van der Waals surface area (Å²) in [6.07, 6.45) is 1.51. The molecule has 1 heterocycles. The fourth-order valence-electron chi connectivity index (χ4n) is 5.00. The van der Waals surface area contributed by atoms with Gasteiger partial charge in [0.15, 0.2) is 11.5 Å². The number of benzene rings is 4. The summed E-state index contributed by atoms with van der Waals surface area (Å²) in [6.45, 7) is 1.98. The van der Waals surface area contributed by atoms with Gasteiger partial charge in [0.1, 0.15) is 16.3 Å². The van der Waals surface area contributed by atoms with E-state index < -0.39 is 17.8 Å². The summed E-state index contributed by atoms with van der Waals surface area (Å²) in [5.41, 5.74) is 4.19. The van der Waals surface area contributed by atoms with Crippen molar-refractivity contribution in [2.75, 3.05) is 37.7 Å². The number of carbonyl (C=O) groups is 4. The molecule has 51 heavy (non-hydrogen) atoms. The highest BCUT2D eigenvalue weighted by atomic mass is 32.2. The van der Waals surface area contributed by atoms with Crippen molar-refractivity contribution in [1.82, 2.24) is 5.32 Å². The van der Waals surface area contributed by atoms with E-state index >= 15 is 0 Å². The number of amides is 3. The largest absolute Gasteiger partial charge is 0.493 e. The van der Waals surface area contributed by atoms with Crippen molar-refractivity contribution in [3.63, 3.8) is 0 Å². The predicted molar refractivity (Wildman–Crippen MR) is 202 cm³/mol. The van der Waals surface area contributed by atoms with Crippen LogP contribution in [0, 0.1) is 6.92 Å². The molecule has 0 bridgehead atoms. The number of rotatable bonds is 13. The molecule has 10 nitrogen and oxygen atoms in total. The van der Waals surface area contributed by atoms with Gasteiger partial charge in [0.05, 0.1) is 27.1 Å². The summed E-state index contributed by atoms with van der Waals surface area (Å²) in [5.74, 6) is -1.04. The summed E-state index contributed by atoms with van der Waals surface area (Å²) in [5, 5.41) is 10.6. The second kappa shape index (κ2) is 17.2. The highest BCUT2D eigenvalue weighted by Crippen LogP contribution is 2.37. The number of nitrogens with one attached hydrogen (secondary N) is 3. The molecule has 5 aromatic rings. The standard InChI is InChI=1S/C39H35N3O7S2/c1-24-16-18-25(19-17-24)30-22-51-38(34(30)39(46)49-4)42-33(43)23-50-29-14-9-13-28(21-29)40-37(45)31(41-36(44)26-10-6-5-7-11-26)20-27-12-8-15-32(47-2)35(27)48-3/h5-22H,23H2,1-4H3,(H,40,45)(H,41,44)(H,42,43)/b31-20+. The zero-order valence-corrected chi connectivity index (χ0v) is 29.9. The Labute approximate surface area is 303 Å². The molecule has 260 valence electrons. The highest BCUT2D eigenvalue weighted by molar-refractivity contribution is 8.00. The minimum Gasteiger partial charge on any atom is -0.493 e. The van der Waals surface area contributed by atoms with Crippen LogP contribution in [0.25, 0.3) is 17.2 Å². The van der Waals surface area contributed by atoms with E-state index in [1.165, 1.54) is 50.5 Å². The van der Waals surface area contributed by atoms with Gasteiger partial charge in [-0.05, 0) is 55.0 Å². The van der Waals surface area contributed by atoms with Crippen LogP contribution in [0.5, 0.6) is 11.5 Å². The summed E-state index contributed by atoms with van der Waals surface area (Å²) in [4.78, 5) is 53.3. The monoisotopic (exact) mass is 721 g/mol. The van der Waals surface area contributed by atoms with Crippen LogP contribution >= 0.6 is 23.1 Å². The van der Waals surface area contributed by atoms with Gasteiger partial charge in [0, 0.05) is 32.7 Å². The molecule has 1 aromatic heterocycles. The number of thiophene rings is 1. The van der Waals surface area contributed by atoms with E-state index in [2.05, 4.69) is 16.0 Å². The van der Waals surface area contributed by atoms with Gasteiger partial charge in [0.2, 0.25) is 5.91 Å². The Hall–Kier alpha value is -5.85. The maximum absolute atomic E-state index is 13.7. The van der Waals surface area contributed by atoms with Crippen molar-refractivity contribution in [2.45, 2.75) is 11.8 Å². The molecule has 3 amide bonds. The normalized spacial score (nSPS) is 10.9. The first-order chi connectivity index (χ1) is 24.7. The van der Waals surface area contributed by atoms with Crippen LogP contribution in [-0.4, -0.2) is 50.8 Å². The van der Waals surface area contributed by atoms with Gasteiger partial charge < -0.3 is 30.2 Å². The quantitative estimate of drug-likeness (QED) is 0.0642. The summed E-state index contributed by atoms with van der Waals surface area (Å²) in [7, 11) is 4.30. The third-order valence-electron chi connectivity index (χ3n) is 7.52. The Morgan fingerprint density at radius 1 is 0.824 bits per heavy atom. The Morgan fingerprint density at radius 2 is 1.57 bits per heavy atom. The number of hydrogen-bond acceptors (Lipinski definition) is 9. The van der Waals surface area contributed by atoms with Crippen molar-refractivity contribution in [3.8, 4) is 22.6 Å². The first kappa shape index (κ1) is 36.4. The average molecular weight is 722 g/mol. The number of thioether (sulfide) groups is 1. The minimum absolute atomic E-state index is 0.0314. The molecule has 0 aliphatic rings. The molecular weight excluding hydrogens is 687 g/mol. The van der Waals surface area contributed by atoms with Gasteiger partial charge in [0.25, 0.3) is 11.8 Å². The third kappa shape index (κ3) is 9.24. The van der Waals surface area contributed by atoms with E-state index in [4.69, 9.17) is 14.2 Å². The third-order valence-corrected chi connectivity index (χ3v) is 9.41. The molecule has 0 atom stereocenters. The number of para-hydroxylation sites is 1. The van der Waals surface area contributed by atoms with Crippen molar-refractivity contribution in [2.24, 2.45) is 0 Å². The maximum Gasteiger partial charge on any atom is 0.341 e. The van der Waals surface area contributed by atoms with Crippen molar-refractivity contribution in [1.29, 1.82) is 0 Å². The molecule has 0 saturated heterocycles. The molecule has 0 aliphatic carbocycles. The lowest BCUT2D eigenvalue weighted by Gasteiger charge is -2.14. The number of anilines is 2. The van der Waals surface area contributed by atoms with E-state index in [0.717, 1.165) is 11.1 Å². The zero-order valence-electron chi connectivity index (χ0n) is 28.3. The Bertz CT molecular complexity index is 2080. The molecule has 0 unspecified atom stereocenters. The van der Waals surface area contributed by atoms with Crippen LogP contribution in [0.1, 0.15) is 31.8 Å². The van der Waals surface area contributed by atoms with E-state index in [1.807, 2.05) is 42.6 Å². The van der Waals surface area contributed by atoms with Crippen molar-refractivity contribution in [3.05, 3.63) is 130 Å². The minimum atomic E-state index is -0.582. The maximum atomic E-state index is 13.7. The van der Waals surface area contributed by atoms with Crippen LogP contribution < -0.4 is 25.4 Å². The lowest BCUT2D eigenvalue weighted by molar-refractivity contribution is -0.114. The summed E-state index contributed by atoms with van der Waals surface area (Å²) >= 11 is 2.50. The molecule has 3 N–H and O–H groups in total. The van der Waals surface area contributed by atoms with E-state index in [-0.39, 0.29) is 17.4 Å². The highest BCUT2D eigenvalue weighted by Gasteiger charge is 2.23. The predicted octanol–water partition coefficient (Wildman–Crippen LogP) is 7.67. The molecular formula is C39H35N3O7S2. The van der Waals surface area contributed by atoms with Crippen molar-refractivity contribution >= 4 is 63.6 Å². The van der Waals surface area contributed by atoms with E-state index in [0.29, 0.717) is 49.3 Å². The molecule has 5 rings (SSSR count). The fourth-order valence-corrected chi connectivity index (χ4v) is 6.73. The second-order valence-corrected chi connectivity index (χ2v) is 12.9. The lowest BCUT2D eigenvalue weighted by atomic mass is 10.0. The SMILES string of the molecule is COC(=O)c1c(-c2ccc(C)cc2)csc1NC(=O)CSc1cccc(NC(=O)/C(=C\c2cccc(OC)c2OC)NC(=O)c2ccccc2)c1. The number of hydrogen-bond donors (Lipinski definition) is 3. The zero-order chi connectivity index (χ0) is 36.3. The number of methoxy groups -OCH3 is 3. The Morgan fingerprint density at radius 3 is 2.27 bits per heavy atom. The molecule has 0 spiro atoms. The first-order valence-electron chi connectivity index (χ1n) is 15.6. The number of carbonyl (C=O) groups excluding carboxylic acids is 4. The van der Waals surface area contributed by atoms with Gasteiger partial charge in [-0.15, -0.1) is 23.1 Å². The number of aryl methyl sites for hydroxylation is 1. The van der Waals surface area contributed by atoms with Crippen LogP contribution in [0.3, 0.4) is 0 Å². The number of ether oxygens (including phenoxy) is 3. The number of esters is 1. The topological polar surface area (TPSA) is 132 Å². The van der Waals surface area contributed by atoms with Crippen LogP contribution in [-0.2, 0) is 14.3 Å². The average Bonchev–Trinajstić information content (AvgIpc) is 3.57. The first-order valence-corrected chi connectivity index (χ1v) is 17.5. The van der Waals surface area contributed by atoms with Crippen LogP contribution in [0.15, 0.2) is 113 Å². The molecule has 0 aliphatic heterocycles. The molecule has 0 fully saturated rings.